The highest BCUT2D eigenvalue weighted by molar-refractivity contribution is 7.15. The summed E-state index contributed by atoms with van der Waals surface area (Å²) in [4.78, 5) is 26.8. The maximum Gasteiger partial charge on any atom is 0.309 e. The van der Waals surface area contributed by atoms with E-state index in [1.54, 1.807) is 12.3 Å². The van der Waals surface area contributed by atoms with Crippen molar-refractivity contribution in [2.24, 2.45) is 5.92 Å². The van der Waals surface area contributed by atoms with Gasteiger partial charge in [-0.1, -0.05) is 6.07 Å². The third-order valence-corrected chi connectivity index (χ3v) is 7.30. The lowest BCUT2D eigenvalue weighted by molar-refractivity contribution is -0.163. The van der Waals surface area contributed by atoms with Crippen LogP contribution in [0.5, 0.6) is 5.88 Å². The van der Waals surface area contributed by atoms with Gasteiger partial charge in [-0.2, -0.15) is 4.98 Å². The van der Waals surface area contributed by atoms with E-state index in [1.165, 1.54) is 11.3 Å². The molecule has 0 atom stereocenters. The minimum Gasteiger partial charge on any atom is -0.475 e. The standard InChI is InChI=1S/C28H36N4O4S/c1-17(2)35-23-9-12-29-26(32-23)31-21-14-18(3)13-20(15-21)22-16-30-25(37-22)28(34)10-7-19(8-11-28)24(33)36-27(4,5)6/h9,12-17,19,34H,7-8,10-11H2,1-6H3,(H,29,31,32)/t19-,28+. The Kier molecular flexibility index (Phi) is 7.85. The number of aromatic nitrogens is 3. The van der Waals surface area contributed by atoms with Gasteiger partial charge in [0.1, 0.15) is 16.2 Å². The Morgan fingerprint density at radius 1 is 1.19 bits per heavy atom. The van der Waals surface area contributed by atoms with Crippen molar-refractivity contribution in [1.82, 2.24) is 15.0 Å². The second kappa shape index (κ2) is 10.8. The van der Waals surface area contributed by atoms with Crippen molar-refractivity contribution in [1.29, 1.82) is 0 Å². The van der Waals surface area contributed by atoms with Crippen LogP contribution in [0.1, 0.15) is 70.9 Å². The molecule has 3 aromatic rings. The summed E-state index contributed by atoms with van der Waals surface area (Å²) in [5.41, 5.74) is 1.38. The molecule has 37 heavy (non-hydrogen) atoms. The van der Waals surface area contributed by atoms with Gasteiger partial charge in [-0.05, 0) is 90.5 Å². The summed E-state index contributed by atoms with van der Waals surface area (Å²) in [6.45, 7) is 11.6. The molecule has 0 amide bonds. The largest absolute Gasteiger partial charge is 0.475 e. The third-order valence-electron chi connectivity index (χ3n) is 6.06. The Labute approximate surface area is 222 Å². The molecule has 4 rings (SSSR count). The molecule has 1 aliphatic rings. The van der Waals surface area contributed by atoms with Crippen molar-refractivity contribution in [3.63, 3.8) is 0 Å². The van der Waals surface area contributed by atoms with Crippen LogP contribution in [-0.2, 0) is 15.1 Å². The summed E-state index contributed by atoms with van der Waals surface area (Å²) >= 11 is 1.49. The number of thiazole rings is 1. The molecule has 8 nitrogen and oxygen atoms in total. The van der Waals surface area contributed by atoms with Crippen LogP contribution in [-0.4, -0.2) is 37.7 Å². The minimum atomic E-state index is -1.03. The van der Waals surface area contributed by atoms with Crippen LogP contribution in [0.2, 0.25) is 0 Å². The topological polar surface area (TPSA) is 106 Å². The number of ether oxygens (including phenoxy) is 2. The fourth-order valence-electron chi connectivity index (χ4n) is 4.39. The lowest BCUT2D eigenvalue weighted by Crippen LogP contribution is -2.36. The molecule has 0 bridgehead atoms. The average molecular weight is 525 g/mol. The Bertz CT molecular complexity index is 1240. The molecule has 0 saturated heterocycles. The number of carbonyl (C=O) groups is 1. The summed E-state index contributed by atoms with van der Waals surface area (Å²) < 4.78 is 11.2. The van der Waals surface area contributed by atoms with Gasteiger partial charge >= 0.3 is 5.97 Å². The Morgan fingerprint density at radius 2 is 1.92 bits per heavy atom. The highest BCUT2D eigenvalue weighted by Crippen LogP contribution is 2.43. The van der Waals surface area contributed by atoms with Crippen LogP contribution in [0.15, 0.2) is 36.7 Å². The number of hydrogen-bond acceptors (Lipinski definition) is 9. The van der Waals surface area contributed by atoms with Gasteiger partial charge < -0.3 is 19.9 Å². The second-order valence-electron chi connectivity index (χ2n) is 11.0. The first-order valence-electron chi connectivity index (χ1n) is 12.7. The molecule has 2 aromatic heterocycles. The van der Waals surface area contributed by atoms with Gasteiger partial charge in [-0.15, -0.1) is 11.3 Å². The molecular weight excluding hydrogens is 488 g/mol. The first kappa shape index (κ1) is 27.0. The fourth-order valence-corrected chi connectivity index (χ4v) is 5.44. The van der Waals surface area contributed by atoms with Crippen molar-refractivity contribution in [2.45, 2.75) is 84.5 Å². The average Bonchev–Trinajstić information content (AvgIpc) is 3.29. The molecule has 9 heteroatoms. The summed E-state index contributed by atoms with van der Waals surface area (Å²) in [5.74, 6) is 0.605. The molecule has 0 aliphatic heterocycles. The van der Waals surface area contributed by atoms with Crippen molar-refractivity contribution in [3.05, 3.63) is 47.2 Å². The number of esters is 1. The monoisotopic (exact) mass is 524 g/mol. The number of nitrogens with one attached hydrogen (secondary N) is 1. The smallest absolute Gasteiger partial charge is 0.309 e. The molecule has 1 saturated carbocycles. The van der Waals surface area contributed by atoms with Gasteiger partial charge in [0, 0.05) is 24.1 Å². The lowest BCUT2D eigenvalue weighted by atomic mass is 9.79. The van der Waals surface area contributed by atoms with Gasteiger partial charge in [0.15, 0.2) is 0 Å². The Hall–Kier alpha value is -3.04. The molecule has 0 radical (unpaired) electrons. The number of rotatable bonds is 7. The molecule has 2 N–H and O–H groups in total. The number of aliphatic hydroxyl groups is 1. The molecule has 1 fully saturated rings. The maximum absolute atomic E-state index is 12.5. The van der Waals surface area contributed by atoms with Gasteiger partial charge in [-0.3, -0.25) is 4.79 Å². The number of benzene rings is 1. The van der Waals surface area contributed by atoms with Crippen molar-refractivity contribution in [2.75, 3.05) is 5.32 Å². The predicted molar refractivity (Wildman–Crippen MR) is 145 cm³/mol. The fraction of sp³-hybridized carbons (Fsp3) is 0.500. The molecule has 1 aliphatic carbocycles. The van der Waals surface area contributed by atoms with E-state index in [-0.39, 0.29) is 18.0 Å². The van der Waals surface area contributed by atoms with E-state index < -0.39 is 11.2 Å². The molecule has 0 spiro atoms. The van der Waals surface area contributed by atoms with Crippen molar-refractivity contribution >= 4 is 28.9 Å². The number of aryl methyl sites for hydroxylation is 1. The first-order valence-corrected chi connectivity index (χ1v) is 13.5. The van der Waals surface area contributed by atoms with Crippen LogP contribution in [0.4, 0.5) is 11.6 Å². The summed E-state index contributed by atoms with van der Waals surface area (Å²) in [7, 11) is 0. The molecule has 198 valence electrons. The highest BCUT2D eigenvalue weighted by atomic mass is 32.1. The number of anilines is 2. The van der Waals surface area contributed by atoms with Crippen molar-refractivity contribution < 1.29 is 19.4 Å². The zero-order chi connectivity index (χ0) is 26.8. The van der Waals surface area contributed by atoms with Crippen LogP contribution < -0.4 is 10.1 Å². The zero-order valence-electron chi connectivity index (χ0n) is 22.4. The van der Waals surface area contributed by atoms with E-state index in [1.807, 2.05) is 59.9 Å². The van der Waals surface area contributed by atoms with Gasteiger partial charge in [0.25, 0.3) is 0 Å². The van der Waals surface area contributed by atoms with Gasteiger partial charge in [0.2, 0.25) is 11.8 Å². The SMILES string of the molecule is Cc1cc(Nc2nccc(OC(C)C)n2)cc(-c2cnc([C@]3(O)CC[C@@H](C(=O)OC(C)(C)C)CC3)s2)c1. The third kappa shape index (κ3) is 7.05. The van der Waals surface area contributed by atoms with E-state index >= 15 is 0 Å². The van der Waals surface area contributed by atoms with Gasteiger partial charge in [-0.25, -0.2) is 9.97 Å². The number of carbonyl (C=O) groups excluding carboxylic acids is 1. The summed E-state index contributed by atoms with van der Waals surface area (Å²) in [5, 5.41) is 15.3. The maximum atomic E-state index is 12.5. The number of hydrogen-bond donors (Lipinski definition) is 2. The highest BCUT2D eigenvalue weighted by Gasteiger charge is 2.40. The first-order chi connectivity index (χ1) is 17.4. The quantitative estimate of drug-likeness (QED) is 0.354. The summed E-state index contributed by atoms with van der Waals surface area (Å²) in [6, 6.07) is 7.87. The van der Waals surface area contributed by atoms with Gasteiger partial charge in [0.05, 0.1) is 16.9 Å². The lowest BCUT2D eigenvalue weighted by Gasteiger charge is -2.34. The molecule has 0 unspecified atom stereocenters. The van der Waals surface area contributed by atoms with E-state index in [4.69, 9.17) is 9.47 Å². The van der Waals surface area contributed by atoms with E-state index in [0.717, 1.165) is 21.7 Å². The normalized spacial score (nSPS) is 20.1. The molecule has 1 aromatic carbocycles. The van der Waals surface area contributed by atoms with Crippen LogP contribution in [0, 0.1) is 12.8 Å². The van der Waals surface area contributed by atoms with E-state index in [2.05, 4.69) is 26.3 Å². The van der Waals surface area contributed by atoms with Crippen LogP contribution in [0.25, 0.3) is 10.4 Å². The molecular formula is C28H36N4O4S. The van der Waals surface area contributed by atoms with E-state index in [9.17, 15) is 9.90 Å². The minimum absolute atomic E-state index is 0.0241. The van der Waals surface area contributed by atoms with E-state index in [0.29, 0.717) is 42.5 Å². The zero-order valence-corrected chi connectivity index (χ0v) is 23.2. The number of nitrogens with zero attached hydrogens (tertiary/aromatic N) is 3. The second-order valence-corrected chi connectivity index (χ2v) is 12.0. The molecule has 2 heterocycles. The Morgan fingerprint density at radius 3 is 2.59 bits per heavy atom. The predicted octanol–water partition coefficient (Wildman–Crippen LogP) is 6.16. The van der Waals surface area contributed by atoms with Crippen LogP contribution in [0.3, 0.4) is 0 Å². The summed E-state index contributed by atoms with van der Waals surface area (Å²) in [6.07, 6.45) is 5.63. The van der Waals surface area contributed by atoms with Crippen molar-refractivity contribution in [3.8, 4) is 16.3 Å². The van der Waals surface area contributed by atoms with Crippen LogP contribution >= 0.6 is 11.3 Å². The Balaban J connectivity index is 1.47.